The van der Waals surface area contributed by atoms with Crippen LogP contribution in [-0.4, -0.2) is 48.5 Å². The summed E-state index contributed by atoms with van der Waals surface area (Å²) < 4.78 is 6.50. The molecular weight excluding hydrogens is 270 g/mol. The number of ether oxygens (including phenoxy) is 1. The molecule has 10 nitrogen and oxygen atoms in total. The topological polar surface area (TPSA) is 159 Å². The van der Waals surface area contributed by atoms with Crippen molar-refractivity contribution in [3.8, 4) is 0 Å². The molecule has 0 radical (unpaired) electrons. The molecule has 0 amide bonds. The lowest BCUT2D eigenvalue weighted by Crippen LogP contribution is -2.25. The van der Waals surface area contributed by atoms with E-state index in [-0.39, 0.29) is 30.1 Å². The second-order valence-electron chi connectivity index (χ2n) is 4.56. The van der Waals surface area contributed by atoms with Crippen LogP contribution in [0.25, 0.3) is 11.2 Å². The lowest BCUT2D eigenvalue weighted by atomic mass is 10.2. The van der Waals surface area contributed by atoms with Gasteiger partial charge in [0.2, 0.25) is 5.95 Å². The third-order valence-corrected chi connectivity index (χ3v) is 3.27. The Kier molecular flexibility index (Phi) is 2.85. The van der Waals surface area contributed by atoms with E-state index < -0.39 is 29.7 Å². The number of nitrogens with zero attached hydrogens (tertiary/aromatic N) is 2. The van der Waals surface area contributed by atoms with Gasteiger partial charge in [-0.2, -0.15) is 4.98 Å². The van der Waals surface area contributed by atoms with Crippen LogP contribution in [0, 0.1) is 0 Å². The van der Waals surface area contributed by atoms with Crippen LogP contribution in [0.1, 0.15) is 12.6 Å². The molecule has 0 saturated carbocycles. The first kappa shape index (κ1) is 12.8. The molecule has 0 aromatic carbocycles. The Morgan fingerprint density at radius 1 is 1.45 bits per heavy atom. The van der Waals surface area contributed by atoms with Crippen LogP contribution in [0.4, 0.5) is 5.95 Å². The van der Waals surface area contributed by atoms with Crippen molar-refractivity contribution in [1.29, 1.82) is 0 Å². The molecule has 1 fully saturated rings. The number of hydrogen-bond donors (Lipinski definition) is 5. The zero-order valence-corrected chi connectivity index (χ0v) is 10.2. The summed E-state index contributed by atoms with van der Waals surface area (Å²) in [7, 11) is 0. The van der Waals surface area contributed by atoms with E-state index in [4.69, 9.17) is 15.6 Å². The van der Waals surface area contributed by atoms with Crippen molar-refractivity contribution in [1.82, 2.24) is 19.5 Å². The number of aliphatic hydroxyl groups is 2. The zero-order chi connectivity index (χ0) is 14.4. The Morgan fingerprint density at radius 2 is 2.20 bits per heavy atom. The maximum atomic E-state index is 11.9. The summed E-state index contributed by atoms with van der Waals surface area (Å²) in [5.74, 6) is -0.132. The van der Waals surface area contributed by atoms with Gasteiger partial charge >= 0.3 is 5.69 Å². The van der Waals surface area contributed by atoms with Crippen LogP contribution in [0.3, 0.4) is 0 Å². The molecule has 1 aliphatic rings. The summed E-state index contributed by atoms with van der Waals surface area (Å²) in [5.41, 5.74) is 4.32. The number of nitrogens with one attached hydrogen (secondary N) is 2. The summed E-state index contributed by atoms with van der Waals surface area (Å²) >= 11 is 0. The zero-order valence-electron chi connectivity index (χ0n) is 10.2. The minimum absolute atomic E-state index is 0.0188. The van der Waals surface area contributed by atoms with Crippen molar-refractivity contribution in [2.75, 3.05) is 12.3 Å². The van der Waals surface area contributed by atoms with Crippen molar-refractivity contribution in [3.05, 3.63) is 20.8 Å². The maximum absolute atomic E-state index is 11.9. The number of aromatic nitrogens is 4. The second-order valence-corrected chi connectivity index (χ2v) is 4.56. The van der Waals surface area contributed by atoms with Crippen LogP contribution in [-0.2, 0) is 4.74 Å². The fraction of sp³-hybridized carbons (Fsp3) is 0.500. The first-order valence-corrected chi connectivity index (χ1v) is 5.95. The van der Waals surface area contributed by atoms with E-state index in [9.17, 15) is 14.7 Å². The van der Waals surface area contributed by atoms with Crippen LogP contribution in [0.5, 0.6) is 0 Å². The summed E-state index contributed by atoms with van der Waals surface area (Å²) in [5, 5.41) is 18.8. The summed E-state index contributed by atoms with van der Waals surface area (Å²) in [6, 6.07) is 0. The van der Waals surface area contributed by atoms with Crippen LogP contribution < -0.4 is 17.0 Å². The predicted molar refractivity (Wildman–Crippen MR) is 67.0 cm³/mol. The standard InChI is InChI=1S/C10H13N5O5/c11-9-13-7-6(8(18)14-9)12-10(19)15(7)5-1-3(17)4(2-16)20-5/h3-5,16-17H,1-2H2,(H,12,19)(H3,11,13,14,18)/t3-,4?,5?/m1/s1. The number of rotatable bonds is 2. The van der Waals surface area contributed by atoms with Gasteiger partial charge in [0.05, 0.1) is 12.7 Å². The molecular formula is C10H13N5O5. The van der Waals surface area contributed by atoms with Crippen molar-refractivity contribution >= 4 is 17.1 Å². The third kappa shape index (κ3) is 1.81. The number of fused-ring (bicyclic) bond motifs is 1. The highest BCUT2D eigenvalue weighted by Gasteiger charge is 2.36. The van der Waals surface area contributed by atoms with Crippen molar-refractivity contribution in [2.45, 2.75) is 24.9 Å². The monoisotopic (exact) mass is 283 g/mol. The minimum atomic E-state index is -0.902. The normalized spacial score (nSPS) is 26.4. The van der Waals surface area contributed by atoms with Gasteiger partial charge < -0.3 is 20.7 Å². The van der Waals surface area contributed by atoms with Gasteiger partial charge in [0, 0.05) is 6.42 Å². The molecule has 2 unspecified atom stereocenters. The second kappa shape index (κ2) is 4.44. The van der Waals surface area contributed by atoms with Gasteiger partial charge in [-0.05, 0) is 0 Å². The highest BCUT2D eigenvalue weighted by Crippen LogP contribution is 2.28. The molecule has 3 rings (SSSR count). The number of H-pyrrole nitrogens is 2. The molecule has 108 valence electrons. The molecule has 0 bridgehead atoms. The number of nitrogen functional groups attached to an aromatic ring is 1. The molecule has 6 N–H and O–H groups in total. The highest BCUT2D eigenvalue weighted by molar-refractivity contribution is 5.70. The molecule has 3 heterocycles. The average molecular weight is 283 g/mol. The first-order valence-electron chi connectivity index (χ1n) is 5.95. The average Bonchev–Trinajstić information content (AvgIpc) is 2.89. The Balaban J connectivity index is 2.15. The number of nitrogens with two attached hydrogens (primary N) is 1. The quantitative estimate of drug-likeness (QED) is 0.412. The van der Waals surface area contributed by atoms with E-state index in [2.05, 4.69) is 15.0 Å². The van der Waals surface area contributed by atoms with E-state index in [1.54, 1.807) is 0 Å². The Hall–Kier alpha value is -2.17. The number of hydrogen-bond acceptors (Lipinski definition) is 7. The van der Waals surface area contributed by atoms with Crippen LogP contribution in [0.15, 0.2) is 9.59 Å². The van der Waals surface area contributed by atoms with E-state index in [1.807, 2.05) is 0 Å². The van der Waals surface area contributed by atoms with Crippen LogP contribution in [0.2, 0.25) is 0 Å². The molecule has 0 aliphatic carbocycles. The highest BCUT2D eigenvalue weighted by atomic mass is 16.5. The van der Waals surface area contributed by atoms with Crippen molar-refractivity contribution in [3.63, 3.8) is 0 Å². The van der Waals surface area contributed by atoms with Gasteiger partial charge in [-0.15, -0.1) is 0 Å². The van der Waals surface area contributed by atoms with Gasteiger partial charge in [-0.25, -0.2) is 9.36 Å². The predicted octanol–water partition coefficient (Wildman–Crippen LogP) is -2.36. The molecule has 10 heteroatoms. The molecule has 1 aliphatic heterocycles. The smallest absolute Gasteiger partial charge is 0.329 e. The number of aliphatic hydroxyl groups excluding tert-OH is 2. The van der Waals surface area contributed by atoms with Gasteiger partial charge in [-0.3, -0.25) is 14.8 Å². The van der Waals surface area contributed by atoms with Gasteiger partial charge in [-0.1, -0.05) is 0 Å². The fourth-order valence-electron chi connectivity index (χ4n) is 2.33. The molecule has 2 aromatic heterocycles. The number of anilines is 1. The maximum Gasteiger partial charge on any atom is 0.329 e. The molecule has 0 spiro atoms. The van der Waals surface area contributed by atoms with E-state index >= 15 is 0 Å². The molecule has 1 saturated heterocycles. The van der Waals surface area contributed by atoms with E-state index in [1.165, 1.54) is 0 Å². The lowest BCUT2D eigenvalue weighted by Gasteiger charge is -2.12. The molecule has 2 aromatic rings. The lowest BCUT2D eigenvalue weighted by molar-refractivity contribution is -0.0441. The Labute approximate surface area is 110 Å². The van der Waals surface area contributed by atoms with Crippen molar-refractivity contribution < 1.29 is 14.9 Å². The van der Waals surface area contributed by atoms with Gasteiger partial charge in [0.25, 0.3) is 5.56 Å². The Bertz CT molecular complexity index is 761. The van der Waals surface area contributed by atoms with Crippen molar-refractivity contribution in [2.24, 2.45) is 0 Å². The Morgan fingerprint density at radius 3 is 2.85 bits per heavy atom. The SMILES string of the molecule is Nc1nc2c([nH]c(=O)n2C2C[C@@H](O)C(CO)O2)c(=O)[nH]1. The number of imidazole rings is 1. The first-order chi connectivity index (χ1) is 9.51. The summed E-state index contributed by atoms with van der Waals surface area (Å²) in [6.45, 7) is -0.370. The third-order valence-electron chi connectivity index (χ3n) is 3.27. The summed E-state index contributed by atoms with van der Waals surface area (Å²) in [4.78, 5) is 32.2. The fourth-order valence-corrected chi connectivity index (χ4v) is 2.33. The van der Waals surface area contributed by atoms with E-state index in [0.29, 0.717) is 0 Å². The number of aromatic amines is 2. The van der Waals surface area contributed by atoms with Crippen LogP contribution >= 0.6 is 0 Å². The molecule has 3 atom stereocenters. The van der Waals surface area contributed by atoms with E-state index in [0.717, 1.165) is 4.57 Å². The largest absolute Gasteiger partial charge is 0.394 e. The van der Waals surface area contributed by atoms with Gasteiger partial charge in [0.15, 0.2) is 11.2 Å². The molecule has 20 heavy (non-hydrogen) atoms. The summed E-state index contributed by atoms with van der Waals surface area (Å²) in [6.07, 6.45) is -2.40. The van der Waals surface area contributed by atoms with Gasteiger partial charge in [0.1, 0.15) is 12.3 Å². The minimum Gasteiger partial charge on any atom is -0.394 e.